The third-order valence-electron chi connectivity index (χ3n) is 3.75. The van der Waals surface area contributed by atoms with Gasteiger partial charge in [0.2, 0.25) is 5.91 Å². The molecule has 2 rings (SSSR count). The summed E-state index contributed by atoms with van der Waals surface area (Å²) in [4.78, 5) is 11.9. The molecular formula is C12H20ClNO. The molecule has 0 spiro atoms. The van der Waals surface area contributed by atoms with Crippen LogP contribution < -0.4 is 5.32 Å². The topological polar surface area (TPSA) is 29.1 Å². The normalized spacial score (nSPS) is 33.5. The van der Waals surface area contributed by atoms with Crippen LogP contribution in [0.25, 0.3) is 0 Å². The maximum absolute atomic E-state index is 11.9. The van der Waals surface area contributed by atoms with E-state index in [2.05, 4.69) is 5.32 Å². The monoisotopic (exact) mass is 229 g/mol. The minimum Gasteiger partial charge on any atom is -0.352 e. The minimum atomic E-state index is 0.147. The van der Waals surface area contributed by atoms with E-state index in [4.69, 9.17) is 11.6 Å². The second-order valence-corrected chi connectivity index (χ2v) is 5.60. The first kappa shape index (κ1) is 11.3. The Bertz CT molecular complexity index is 240. The first-order valence-corrected chi connectivity index (χ1v) is 6.56. The van der Waals surface area contributed by atoms with Crippen molar-refractivity contribution >= 4 is 17.5 Å². The van der Waals surface area contributed by atoms with Gasteiger partial charge in [-0.15, -0.1) is 11.6 Å². The van der Waals surface area contributed by atoms with Crippen LogP contribution in [0, 0.1) is 11.8 Å². The number of hydrogen-bond donors (Lipinski definition) is 1. The number of carbonyl (C=O) groups is 1. The lowest BCUT2D eigenvalue weighted by Gasteiger charge is -2.28. The number of rotatable bonds is 3. The van der Waals surface area contributed by atoms with Gasteiger partial charge in [0, 0.05) is 12.0 Å². The van der Waals surface area contributed by atoms with E-state index in [0.717, 1.165) is 12.8 Å². The predicted octanol–water partition coefficient (Wildman–Crippen LogP) is 2.70. The fourth-order valence-electron chi connectivity index (χ4n) is 2.37. The number of halogens is 1. The van der Waals surface area contributed by atoms with E-state index in [1.165, 1.54) is 25.7 Å². The zero-order valence-corrected chi connectivity index (χ0v) is 10.1. The molecule has 0 aromatic rings. The molecule has 1 amide bonds. The fourth-order valence-corrected chi connectivity index (χ4v) is 2.72. The van der Waals surface area contributed by atoms with Gasteiger partial charge in [-0.1, -0.05) is 19.8 Å². The summed E-state index contributed by atoms with van der Waals surface area (Å²) in [6.45, 7) is 2.04. The molecule has 1 N–H and O–H groups in total. The van der Waals surface area contributed by atoms with E-state index in [0.29, 0.717) is 5.92 Å². The quantitative estimate of drug-likeness (QED) is 0.741. The number of alkyl halides is 1. The van der Waals surface area contributed by atoms with Gasteiger partial charge < -0.3 is 5.32 Å². The molecule has 2 saturated carbocycles. The molecule has 0 aromatic carbocycles. The third kappa shape index (κ3) is 2.87. The van der Waals surface area contributed by atoms with Crippen molar-refractivity contribution in [3.8, 4) is 0 Å². The lowest BCUT2D eigenvalue weighted by Crippen LogP contribution is -2.45. The number of hydrogen-bond acceptors (Lipinski definition) is 1. The molecule has 0 heterocycles. The second-order valence-electron chi connectivity index (χ2n) is 5.04. The molecule has 2 aliphatic rings. The maximum atomic E-state index is 11.9. The van der Waals surface area contributed by atoms with E-state index in [-0.39, 0.29) is 23.2 Å². The molecule has 86 valence electrons. The van der Waals surface area contributed by atoms with Crippen LogP contribution in [-0.4, -0.2) is 17.3 Å². The van der Waals surface area contributed by atoms with E-state index in [1.807, 2.05) is 6.92 Å². The Labute approximate surface area is 96.8 Å². The first-order chi connectivity index (χ1) is 7.18. The van der Waals surface area contributed by atoms with Crippen LogP contribution in [0.15, 0.2) is 0 Å². The Morgan fingerprint density at radius 1 is 1.27 bits per heavy atom. The summed E-state index contributed by atoms with van der Waals surface area (Å²) in [5, 5.41) is 3.27. The van der Waals surface area contributed by atoms with E-state index >= 15 is 0 Å². The van der Waals surface area contributed by atoms with Crippen LogP contribution >= 0.6 is 11.6 Å². The highest BCUT2D eigenvalue weighted by molar-refractivity contribution is 6.21. The van der Waals surface area contributed by atoms with Crippen molar-refractivity contribution in [2.24, 2.45) is 11.8 Å². The highest BCUT2D eigenvalue weighted by atomic mass is 35.5. The molecule has 3 heteroatoms. The van der Waals surface area contributed by atoms with Gasteiger partial charge in [-0.25, -0.2) is 0 Å². The van der Waals surface area contributed by atoms with Crippen LogP contribution in [0.2, 0.25) is 0 Å². The molecule has 0 radical (unpaired) electrons. The number of amides is 1. The molecule has 0 aliphatic heterocycles. The maximum Gasteiger partial charge on any atom is 0.223 e. The highest BCUT2D eigenvalue weighted by Gasteiger charge is 2.34. The summed E-state index contributed by atoms with van der Waals surface area (Å²) in [6, 6.07) is 0.217. The van der Waals surface area contributed by atoms with Gasteiger partial charge in [0.05, 0.1) is 5.38 Å². The van der Waals surface area contributed by atoms with Gasteiger partial charge in [0.25, 0.3) is 0 Å². The predicted molar refractivity (Wildman–Crippen MR) is 61.9 cm³/mol. The summed E-state index contributed by atoms with van der Waals surface area (Å²) in [5.74, 6) is 1.05. The van der Waals surface area contributed by atoms with E-state index in [1.54, 1.807) is 0 Å². The third-order valence-corrected chi connectivity index (χ3v) is 4.27. The molecule has 2 aliphatic carbocycles. The second kappa shape index (κ2) is 4.73. The minimum absolute atomic E-state index is 0.147. The smallest absolute Gasteiger partial charge is 0.223 e. The molecule has 3 atom stereocenters. The average Bonchev–Trinajstić information content (AvgIpc) is 3.04. The van der Waals surface area contributed by atoms with Crippen LogP contribution in [0.5, 0.6) is 0 Å². The first-order valence-electron chi connectivity index (χ1n) is 6.13. The molecular weight excluding hydrogens is 210 g/mol. The summed E-state index contributed by atoms with van der Waals surface area (Å²) in [6.07, 6.45) is 6.96. The van der Waals surface area contributed by atoms with Crippen LogP contribution in [-0.2, 0) is 4.79 Å². The van der Waals surface area contributed by atoms with Crippen molar-refractivity contribution in [1.29, 1.82) is 0 Å². The van der Waals surface area contributed by atoms with Gasteiger partial charge >= 0.3 is 0 Å². The summed E-state index contributed by atoms with van der Waals surface area (Å²) >= 11 is 6.21. The summed E-state index contributed by atoms with van der Waals surface area (Å²) in [5.41, 5.74) is 0. The zero-order chi connectivity index (χ0) is 10.8. The Morgan fingerprint density at radius 3 is 2.53 bits per heavy atom. The van der Waals surface area contributed by atoms with Crippen molar-refractivity contribution < 1.29 is 4.79 Å². The SMILES string of the molecule is CC(C(=O)NC1CCCCC1Cl)C1CC1. The molecule has 0 aromatic heterocycles. The largest absolute Gasteiger partial charge is 0.352 e. The average molecular weight is 230 g/mol. The van der Waals surface area contributed by atoms with Gasteiger partial charge in [-0.3, -0.25) is 4.79 Å². The van der Waals surface area contributed by atoms with Crippen LogP contribution in [0.3, 0.4) is 0 Å². The molecule has 3 unspecified atom stereocenters. The Kier molecular flexibility index (Phi) is 3.55. The van der Waals surface area contributed by atoms with Gasteiger partial charge in [-0.2, -0.15) is 0 Å². The van der Waals surface area contributed by atoms with E-state index < -0.39 is 0 Å². The van der Waals surface area contributed by atoms with Crippen LogP contribution in [0.1, 0.15) is 45.4 Å². The summed E-state index contributed by atoms with van der Waals surface area (Å²) in [7, 11) is 0. The number of nitrogens with one attached hydrogen (secondary N) is 1. The molecule has 2 fully saturated rings. The lowest BCUT2D eigenvalue weighted by molar-refractivity contribution is -0.126. The van der Waals surface area contributed by atoms with Gasteiger partial charge in [0.1, 0.15) is 0 Å². The standard InChI is InChI=1S/C12H20ClNO/c1-8(9-6-7-9)12(15)14-11-5-3-2-4-10(11)13/h8-11H,2-7H2,1H3,(H,14,15). The summed E-state index contributed by atoms with van der Waals surface area (Å²) < 4.78 is 0. The Balaban J connectivity index is 1.81. The van der Waals surface area contributed by atoms with Crippen molar-refractivity contribution in [3.05, 3.63) is 0 Å². The molecule has 0 saturated heterocycles. The molecule has 0 bridgehead atoms. The molecule has 2 nitrogen and oxygen atoms in total. The van der Waals surface area contributed by atoms with Gasteiger partial charge in [0.15, 0.2) is 0 Å². The van der Waals surface area contributed by atoms with Crippen molar-refractivity contribution in [3.63, 3.8) is 0 Å². The van der Waals surface area contributed by atoms with Crippen molar-refractivity contribution in [2.75, 3.05) is 0 Å². The van der Waals surface area contributed by atoms with Crippen molar-refractivity contribution in [1.82, 2.24) is 5.32 Å². The van der Waals surface area contributed by atoms with Crippen molar-refractivity contribution in [2.45, 2.75) is 56.9 Å². The fraction of sp³-hybridized carbons (Fsp3) is 0.917. The van der Waals surface area contributed by atoms with E-state index in [9.17, 15) is 4.79 Å². The Morgan fingerprint density at radius 2 is 1.93 bits per heavy atom. The number of carbonyl (C=O) groups excluding carboxylic acids is 1. The zero-order valence-electron chi connectivity index (χ0n) is 9.34. The lowest BCUT2D eigenvalue weighted by atomic mass is 9.94. The molecule has 15 heavy (non-hydrogen) atoms. The Hall–Kier alpha value is -0.240. The highest BCUT2D eigenvalue weighted by Crippen LogP contribution is 2.36. The van der Waals surface area contributed by atoms with Gasteiger partial charge in [-0.05, 0) is 31.6 Å². The van der Waals surface area contributed by atoms with Crippen LogP contribution in [0.4, 0.5) is 0 Å².